The Balaban J connectivity index is 0.00000106. The Morgan fingerprint density at radius 1 is 1.25 bits per heavy atom. The summed E-state index contributed by atoms with van der Waals surface area (Å²) in [4.78, 5) is 11.3. The van der Waals surface area contributed by atoms with Gasteiger partial charge in [0.05, 0.1) is 0 Å². The number of hydrogen-bond acceptors (Lipinski definition) is 2. The summed E-state index contributed by atoms with van der Waals surface area (Å²) in [5.41, 5.74) is 7.47. The zero-order valence-corrected chi connectivity index (χ0v) is 11.0. The van der Waals surface area contributed by atoms with Crippen LogP contribution in [0.1, 0.15) is 50.5 Å². The van der Waals surface area contributed by atoms with Crippen molar-refractivity contribution >= 4 is 5.78 Å². The van der Waals surface area contributed by atoms with E-state index in [2.05, 4.69) is 0 Å². The molecule has 0 fully saturated rings. The molecule has 1 aromatic carbocycles. The summed E-state index contributed by atoms with van der Waals surface area (Å²) in [7, 11) is 0. The van der Waals surface area contributed by atoms with E-state index in [4.69, 9.17) is 5.73 Å². The summed E-state index contributed by atoms with van der Waals surface area (Å²) in [5.74, 6) is 0.102. The SMILES string of the molecule is CC.CC(=O)c1ccccc1CC(C)(C)N. The third kappa shape index (κ3) is 5.08. The van der Waals surface area contributed by atoms with Crippen molar-refractivity contribution in [2.45, 2.75) is 46.6 Å². The maximum Gasteiger partial charge on any atom is 0.160 e. The minimum atomic E-state index is -0.272. The molecule has 0 amide bonds. The minimum absolute atomic E-state index is 0.102. The monoisotopic (exact) mass is 221 g/mol. The molecule has 0 aliphatic heterocycles. The van der Waals surface area contributed by atoms with Crippen molar-refractivity contribution < 1.29 is 4.79 Å². The summed E-state index contributed by atoms with van der Waals surface area (Å²) in [6, 6.07) is 7.63. The molecule has 2 N–H and O–H groups in total. The first-order chi connectivity index (χ1) is 7.40. The molecule has 16 heavy (non-hydrogen) atoms. The van der Waals surface area contributed by atoms with Crippen molar-refractivity contribution in [3.05, 3.63) is 35.4 Å². The molecule has 0 unspecified atom stereocenters. The maximum absolute atomic E-state index is 11.3. The van der Waals surface area contributed by atoms with Crippen LogP contribution in [0.25, 0.3) is 0 Å². The van der Waals surface area contributed by atoms with Crippen LogP contribution in [0, 0.1) is 0 Å². The Kier molecular flexibility index (Phi) is 5.97. The Labute approximate surface area is 98.9 Å². The van der Waals surface area contributed by atoms with Gasteiger partial charge in [-0.1, -0.05) is 38.1 Å². The van der Waals surface area contributed by atoms with E-state index in [-0.39, 0.29) is 11.3 Å². The Morgan fingerprint density at radius 3 is 2.19 bits per heavy atom. The molecular weight excluding hydrogens is 198 g/mol. The molecule has 0 radical (unpaired) electrons. The zero-order chi connectivity index (χ0) is 12.8. The third-order valence-electron chi connectivity index (χ3n) is 2.04. The van der Waals surface area contributed by atoms with Crippen LogP contribution < -0.4 is 5.73 Å². The quantitative estimate of drug-likeness (QED) is 0.796. The third-order valence-corrected chi connectivity index (χ3v) is 2.04. The molecule has 0 aliphatic carbocycles. The molecule has 0 saturated heterocycles. The predicted octanol–water partition coefficient (Wildman–Crippen LogP) is 3.20. The molecule has 2 heteroatoms. The van der Waals surface area contributed by atoms with Crippen LogP contribution >= 0.6 is 0 Å². The van der Waals surface area contributed by atoms with Crippen molar-refractivity contribution in [1.82, 2.24) is 0 Å². The maximum atomic E-state index is 11.3. The fourth-order valence-corrected chi connectivity index (χ4v) is 1.51. The number of hydrogen-bond donors (Lipinski definition) is 1. The van der Waals surface area contributed by atoms with Gasteiger partial charge in [0.2, 0.25) is 0 Å². The summed E-state index contributed by atoms with van der Waals surface area (Å²) < 4.78 is 0. The lowest BCUT2D eigenvalue weighted by Crippen LogP contribution is -2.34. The van der Waals surface area contributed by atoms with Gasteiger partial charge in [-0.2, -0.15) is 0 Å². The number of ketones is 1. The van der Waals surface area contributed by atoms with Crippen LogP contribution in [0.3, 0.4) is 0 Å². The first kappa shape index (κ1) is 14.8. The standard InChI is InChI=1S/C12H17NO.C2H6/c1-9(14)11-7-5-4-6-10(11)8-12(2,3)13;1-2/h4-7H,8,13H2,1-3H3;1-2H3. The van der Waals surface area contributed by atoms with Gasteiger partial charge in [-0.05, 0) is 32.8 Å². The van der Waals surface area contributed by atoms with E-state index in [1.165, 1.54) is 0 Å². The number of benzene rings is 1. The van der Waals surface area contributed by atoms with Gasteiger partial charge in [-0.15, -0.1) is 0 Å². The van der Waals surface area contributed by atoms with Gasteiger partial charge in [0.15, 0.2) is 5.78 Å². The van der Waals surface area contributed by atoms with E-state index in [9.17, 15) is 4.79 Å². The molecule has 0 spiro atoms. The molecule has 0 aliphatic rings. The van der Waals surface area contributed by atoms with Gasteiger partial charge in [-0.3, -0.25) is 4.79 Å². The van der Waals surface area contributed by atoms with Gasteiger partial charge >= 0.3 is 0 Å². The van der Waals surface area contributed by atoms with E-state index in [0.717, 1.165) is 17.5 Å². The molecule has 0 bridgehead atoms. The Bertz CT molecular complexity index is 337. The van der Waals surface area contributed by atoms with E-state index in [1.807, 2.05) is 52.0 Å². The van der Waals surface area contributed by atoms with Gasteiger partial charge in [0.25, 0.3) is 0 Å². The molecule has 0 heterocycles. The topological polar surface area (TPSA) is 43.1 Å². The highest BCUT2D eigenvalue weighted by atomic mass is 16.1. The van der Waals surface area contributed by atoms with Crippen LogP contribution in [0.15, 0.2) is 24.3 Å². The second-order valence-corrected chi connectivity index (χ2v) is 4.38. The largest absolute Gasteiger partial charge is 0.325 e. The molecule has 0 saturated carbocycles. The second kappa shape index (κ2) is 6.44. The van der Waals surface area contributed by atoms with Crippen LogP contribution in [0.4, 0.5) is 0 Å². The molecular formula is C14H23NO. The first-order valence-corrected chi connectivity index (χ1v) is 5.78. The van der Waals surface area contributed by atoms with Crippen LogP contribution in [0.2, 0.25) is 0 Å². The Morgan fingerprint density at radius 2 is 1.75 bits per heavy atom. The molecule has 0 atom stereocenters. The number of nitrogens with two attached hydrogens (primary N) is 1. The number of rotatable bonds is 3. The first-order valence-electron chi connectivity index (χ1n) is 5.78. The lowest BCUT2D eigenvalue weighted by atomic mass is 9.92. The number of Topliss-reactive ketones (excluding diaryl/α,β-unsaturated/α-hetero) is 1. The van der Waals surface area contributed by atoms with Gasteiger partial charge in [0.1, 0.15) is 0 Å². The fraction of sp³-hybridized carbons (Fsp3) is 0.500. The van der Waals surface area contributed by atoms with Crippen molar-refractivity contribution in [1.29, 1.82) is 0 Å². The van der Waals surface area contributed by atoms with E-state index < -0.39 is 0 Å². The van der Waals surface area contributed by atoms with E-state index in [0.29, 0.717) is 0 Å². The van der Waals surface area contributed by atoms with Gasteiger partial charge in [-0.25, -0.2) is 0 Å². The van der Waals surface area contributed by atoms with E-state index >= 15 is 0 Å². The molecule has 1 rings (SSSR count). The lowest BCUT2D eigenvalue weighted by molar-refractivity contribution is 0.101. The summed E-state index contributed by atoms with van der Waals surface area (Å²) in [6.45, 7) is 9.51. The zero-order valence-electron chi connectivity index (χ0n) is 11.0. The number of carbonyl (C=O) groups is 1. The second-order valence-electron chi connectivity index (χ2n) is 4.38. The number of carbonyl (C=O) groups excluding carboxylic acids is 1. The highest BCUT2D eigenvalue weighted by Gasteiger charge is 2.15. The van der Waals surface area contributed by atoms with Crippen LogP contribution in [-0.4, -0.2) is 11.3 Å². The smallest absolute Gasteiger partial charge is 0.160 e. The van der Waals surface area contributed by atoms with Crippen molar-refractivity contribution in [2.75, 3.05) is 0 Å². The summed E-state index contributed by atoms with van der Waals surface area (Å²) >= 11 is 0. The molecule has 0 aromatic heterocycles. The summed E-state index contributed by atoms with van der Waals surface area (Å²) in [6.07, 6.45) is 0.725. The van der Waals surface area contributed by atoms with Crippen molar-refractivity contribution in [2.24, 2.45) is 5.73 Å². The van der Waals surface area contributed by atoms with Crippen molar-refractivity contribution in [3.8, 4) is 0 Å². The molecule has 1 aromatic rings. The molecule has 2 nitrogen and oxygen atoms in total. The van der Waals surface area contributed by atoms with Gasteiger partial charge in [0, 0.05) is 11.1 Å². The average Bonchev–Trinajstić information content (AvgIpc) is 2.19. The van der Waals surface area contributed by atoms with E-state index in [1.54, 1.807) is 6.92 Å². The Hall–Kier alpha value is -1.15. The highest BCUT2D eigenvalue weighted by molar-refractivity contribution is 5.95. The fourth-order valence-electron chi connectivity index (χ4n) is 1.51. The lowest BCUT2D eigenvalue weighted by Gasteiger charge is -2.19. The van der Waals surface area contributed by atoms with Crippen molar-refractivity contribution in [3.63, 3.8) is 0 Å². The minimum Gasteiger partial charge on any atom is -0.325 e. The predicted molar refractivity (Wildman–Crippen MR) is 69.8 cm³/mol. The molecule has 90 valence electrons. The van der Waals surface area contributed by atoms with Crippen LogP contribution in [0.5, 0.6) is 0 Å². The highest BCUT2D eigenvalue weighted by Crippen LogP contribution is 2.15. The average molecular weight is 221 g/mol. The van der Waals surface area contributed by atoms with Crippen LogP contribution in [-0.2, 0) is 6.42 Å². The summed E-state index contributed by atoms with van der Waals surface area (Å²) in [5, 5.41) is 0. The van der Waals surface area contributed by atoms with Gasteiger partial charge < -0.3 is 5.73 Å². The normalized spacial score (nSPS) is 10.4.